The molecule has 0 saturated carbocycles. The lowest BCUT2D eigenvalue weighted by molar-refractivity contribution is -0.145. The van der Waals surface area contributed by atoms with Crippen molar-refractivity contribution in [2.45, 2.75) is 13.8 Å². The molecule has 0 saturated heterocycles. The second-order valence-electron chi connectivity index (χ2n) is 5.77. The highest BCUT2D eigenvalue weighted by atomic mass is 16.5. The van der Waals surface area contributed by atoms with Crippen molar-refractivity contribution < 1.29 is 29.0 Å². The number of hydrogen-bond acceptors (Lipinski definition) is 6. The molecule has 0 radical (unpaired) electrons. The molecule has 0 aliphatic heterocycles. The molecule has 8 nitrogen and oxygen atoms in total. The summed E-state index contributed by atoms with van der Waals surface area (Å²) in [4.78, 5) is 37.2. The Balaban J connectivity index is 2.90. The van der Waals surface area contributed by atoms with Crippen molar-refractivity contribution in [3.05, 3.63) is 29.8 Å². The van der Waals surface area contributed by atoms with Crippen LogP contribution in [0.2, 0.25) is 0 Å². The van der Waals surface area contributed by atoms with Crippen LogP contribution in [0.1, 0.15) is 24.2 Å². The highest BCUT2D eigenvalue weighted by molar-refractivity contribution is 5.97. The van der Waals surface area contributed by atoms with Gasteiger partial charge in [0, 0.05) is 31.3 Å². The Labute approximate surface area is 153 Å². The lowest BCUT2D eigenvalue weighted by Crippen LogP contribution is -2.39. The second kappa shape index (κ2) is 11.2. The smallest absolute Gasteiger partial charge is 0.310 e. The maximum Gasteiger partial charge on any atom is 0.310 e. The number of carbonyl (C=O) groups is 3. The third-order valence-corrected chi connectivity index (χ3v) is 3.56. The van der Waals surface area contributed by atoms with E-state index in [-0.39, 0.29) is 44.7 Å². The first-order valence-corrected chi connectivity index (χ1v) is 8.32. The van der Waals surface area contributed by atoms with Crippen LogP contribution in [0.15, 0.2) is 24.3 Å². The molecule has 2 N–H and O–H groups in total. The first kappa shape index (κ1) is 21.6. The maximum absolute atomic E-state index is 12.8. The molecule has 0 fully saturated rings. The van der Waals surface area contributed by atoms with Crippen molar-refractivity contribution in [1.82, 2.24) is 4.90 Å². The molecule has 1 atom stereocenters. The number of rotatable bonds is 10. The molecule has 0 aromatic heterocycles. The molecule has 0 aliphatic carbocycles. The quantitative estimate of drug-likeness (QED) is 0.471. The summed E-state index contributed by atoms with van der Waals surface area (Å²) in [6.45, 7) is 3.78. The third-order valence-electron chi connectivity index (χ3n) is 3.56. The summed E-state index contributed by atoms with van der Waals surface area (Å²) in [6, 6.07) is 6.57. The predicted molar refractivity (Wildman–Crippen MR) is 95.7 cm³/mol. The highest BCUT2D eigenvalue weighted by Crippen LogP contribution is 2.14. The topological polar surface area (TPSA) is 105 Å². The van der Waals surface area contributed by atoms with Crippen LogP contribution in [0, 0.1) is 5.92 Å². The number of hydrogen-bond donors (Lipinski definition) is 2. The lowest BCUT2D eigenvalue weighted by atomic mass is 10.1. The zero-order chi connectivity index (χ0) is 19.5. The van der Waals surface area contributed by atoms with E-state index < -0.39 is 11.9 Å². The standard InChI is InChI=1S/C18H26N2O6/c1-13(18(24)25-3)12-20(7-9-26-10-8-21)17(23)15-5-4-6-16(11-15)19-14(2)22/h4-6,11,13,21H,7-10,12H2,1-3H3,(H,19,22). The first-order valence-electron chi connectivity index (χ1n) is 8.32. The second-order valence-corrected chi connectivity index (χ2v) is 5.77. The van der Waals surface area contributed by atoms with Gasteiger partial charge in [0.15, 0.2) is 0 Å². The minimum absolute atomic E-state index is 0.106. The fourth-order valence-corrected chi connectivity index (χ4v) is 2.34. The molecule has 0 bridgehead atoms. The summed E-state index contributed by atoms with van der Waals surface area (Å²) in [6.07, 6.45) is 0. The summed E-state index contributed by atoms with van der Waals surface area (Å²) in [7, 11) is 1.30. The third kappa shape index (κ3) is 7.20. The van der Waals surface area contributed by atoms with Crippen molar-refractivity contribution in [3.8, 4) is 0 Å². The Hall–Kier alpha value is -2.45. The first-order chi connectivity index (χ1) is 12.4. The SMILES string of the molecule is COC(=O)C(C)CN(CCOCCO)C(=O)c1cccc(NC(C)=O)c1. The molecule has 1 aromatic rings. The maximum atomic E-state index is 12.8. The van der Waals surface area contributed by atoms with Gasteiger partial charge in [-0.15, -0.1) is 0 Å². The average molecular weight is 366 g/mol. The molecule has 1 rings (SSSR count). The Bertz CT molecular complexity index is 619. The number of methoxy groups -OCH3 is 1. The Morgan fingerprint density at radius 2 is 2.00 bits per heavy atom. The van der Waals surface area contributed by atoms with E-state index in [1.807, 2.05) is 0 Å². The predicted octanol–water partition coefficient (Wildman–Crippen LogP) is 0.905. The van der Waals surface area contributed by atoms with Gasteiger partial charge >= 0.3 is 5.97 Å². The molecule has 2 amide bonds. The van der Waals surface area contributed by atoms with E-state index in [0.717, 1.165) is 0 Å². The van der Waals surface area contributed by atoms with Crippen LogP contribution in [0.3, 0.4) is 0 Å². The van der Waals surface area contributed by atoms with Gasteiger partial charge in [-0.1, -0.05) is 13.0 Å². The van der Waals surface area contributed by atoms with Gasteiger partial charge in [-0.2, -0.15) is 0 Å². The highest BCUT2D eigenvalue weighted by Gasteiger charge is 2.22. The van der Waals surface area contributed by atoms with E-state index in [0.29, 0.717) is 11.3 Å². The molecule has 1 unspecified atom stereocenters. The molecular weight excluding hydrogens is 340 g/mol. The summed E-state index contributed by atoms with van der Waals surface area (Å²) in [5, 5.41) is 11.4. The fourth-order valence-electron chi connectivity index (χ4n) is 2.34. The molecule has 144 valence electrons. The summed E-state index contributed by atoms with van der Waals surface area (Å²) < 4.78 is 9.94. The average Bonchev–Trinajstić information content (AvgIpc) is 2.62. The van der Waals surface area contributed by atoms with Crippen LogP contribution in [0.25, 0.3) is 0 Å². The number of nitrogens with one attached hydrogen (secondary N) is 1. The van der Waals surface area contributed by atoms with E-state index >= 15 is 0 Å². The van der Waals surface area contributed by atoms with Gasteiger partial charge < -0.3 is 24.8 Å². The van der Waals surface area contributed by atoms with Gasteiger partial charge in [0.05, 0.1) is 32.8 Å². The number of nitrogens with zero attached hydrogens (tertiary/aromatic N) is 1. The number of anilines is 1. The van der Waals surface area contributed by atoms with Crippen LogP contribution in [0.5, 0.6) is 0 Å². The minimum atomic E-state index is -0.500. The zero-order valence-corrected chi connectivity index (χ0v) is 15.4. The monoisotopic (exact) mass is 366 g/mol. The van der Waals surface area contributed by atoms with Gasteiger partial charge in [-0.25, -0.2) is 0 Å². The van der Waals surface area contributed by atoms with Crippen molar-refractivity contribution in [2.24, 2.45) is 5.92 Å². The number of ether oxygens (including phenoxy) is 2. The van der Waals surface area contributed by atoms with Gasteiger partial charge in [0.25, 0.3) is 5.91 Å². The van der Waals surface area contributed by atoms with E-state index in [1.54, 1.807) is 31.2 Å². The molecule has 8 heteroatoms. The Morgan fingerprint density at radius 3 is 2.62 bits per heavy atom. The number of esters is 1. The Kier molecular flexibility index (Phi) is 9.32. The summed E-state index contributed by atoms with van der Waals surface area (Å²) in [5.41, 5.74) is 0.899. The van der Waals surface area contributed by atoms with Crippen LogP contribution in [-0.4, -0.2) is 67.8 Å². The van der Waals surface area contributed by atoms with Crippen LogP contribution < -0.4 is 5.32 Å². The Morgan fingerprint density at radius 1 is 1.27 bits per heavy atom. The summed E-state index contributed by atoms with van der Waals surface area (Å²) >= 11 is 0. The molecule has 0 aliphatic rings. The minimum Gasteiger partial charge on any atom is -0.469 e. The van der Waals surface area contributed by atoms with Crippen LogP contribution >= 0.6 is 0 Å². The van der Waals surface area contributed by atoms with Crippen LogP contribution in [-0.2, 0) is 19.1 Å². The zero-order valence-electron chi connectivity index (χ0n) is 15.4. The molecule has 1 aromatic carbocycles. The van der Waals surface area contributed by atoms with Crippen molar-refractivity contribution in [3.63, 3.8) is 0 Å². The number of aliphatic hydroxyl groups is 1. The van der Waals surface area contributed by atoms with Gasteiger partial charge in [-0.3, -0.25) is 14.4 Å². The van der Waals surface area contributed by atoms with Crippen molar-refractivity contribution in [2.75, 3.05) is 45.3 Å². The van der Waals surface area contributed by atoms with Gasteiger partial charge in [-0.05, 0) is 18.2 Å². The normalized spacial score (nSPS) is 11.5. The number of carbonyl (C=O) groups excluding carboxylic acids is 3. The molecule has 0 spiro atoms. The number of amides is 2. The van der Waals surface area contributed by atoms with E-state index in [9.17, 15) is 14.4 Å². The fraction of sp³-hybridized carbons (Fsp3) is 0.500. The van der Waals surface area contributed by atoms with Crippen molar-refractivity contribution in [1.29, 1.82) is 0 Å². The van der Waals surface area contributed by atoms with Gasteiger partial charge in [0.1, 0.15) is 0 Å². The summed E-state index contributed by atoms with van der Waals surface area (Å²) in [5.74, 6) is -1.44. The lowest BCUT2D eigenvalue weighted by Gasteiger charge is -2.25. The van der Waals surface area contributed by atoms with Crippen molar-refractivity contribution >= 4 is 23.5 Å². The van der Waals surface area contributed by atoms with Crippen LogP contribution in [0.4, 0.5) is 5.69 Å². The largest absolute Gasteiger partial charge is 0.469 e. The number of benzene rings is 1. The van der Waals surface area contributed by atoms with Gasteiger partial charge in [0.2, 0.25) is 5.91 Å². The molecule has 26 heavy (non-hydrogen) atoms. The number of aliphatic hydroxyl groups excluding tert-OH is 1. The van der Waals surface area contributed by atoms with E-state index in [4.69, 9.17) is 14.6 Å². The molecule has 0 heterocycles. The molecular formula is C18H26N2O6. The van der Waals surface area contributed by atoms with E-state index in [2.05, 4.69) is 5.32 Å². The van der Waals surface area contributed by atoms with E-state index in [1.165, 1.54) is 18.9 Å².